The normalized spacial score (nSPS) is 39.2. The predicted molar refractivity (Wildman–Crippen MR) is 91.1 cm³/mol. The van der Waals surface area contributed by atoms with E-state index >= 15 is 0 Å². The first kappa shape index (κ1) is 17.3. The molecule has 0 unspecified atom stereocenters. The summed E-state index contributed by atoms with van der Waals surface area (Å²) < 4.78 is 5.27. The molecule has 0 aromatic rings. The average Bonchev–Trinajstić information content (AvgIpc) is 2.55. The van der Waals surface area contributed by atoms with Gasteiger partial charge in [-0.1, -0.05) is 19.9 Å². The minimum Gasteiger partial charge on any atom is -0.443 e. The number of halogens is 1. The van der Waals surface area contributed by atoms with Gasteiger partial charge in [-0.25, -0.2) is 4.90 Å². The SMILES string of the molecule is C=CCS[C@]1(Br)NC(C)(C)C[C@@]2(C)OC(=O)[C@@H](C(C)C)N21. The van der Waals surface area contributed by atoms with Crippen molar-refractivity contribution in [2.24, 2.45) is 5.92 Å². The molecule has 0 aliphatic carbocycles. The van der Waals surface area contributed by atoms with Crippen molar-refractivity contribution >= 4 is 33.7 Å². The number of nitrogens with zero attached hydrogens (tertiary/aromatic N) is 1. The molecule has 0 amide bonds. The zero-order valence-electron chi connectivity index (χ0n) is 13.4. The molecule has 0 aromatic heterocycles. The van der Waals surface area contributed by atoms with Crippen LogP contribution in [0.25, 0.3) is 0 Å². The average molecular weight is 377 g/mol. The van der Waals surface area contributed by atoms with E-state index in [1.165, 1.54) is 0 Å². The third kappa shape index (κ3) is 3.05. The van der Waals surface area contributed by atoms with Gasteiger partial charge in [0.1, 0.15) is 6.04 Å². The van der Waals surface area contributed by atoms with E-state index in [1.54, 1.807) is 11.8 Å². The van der Waals surface area contributed by atoms with Gasteiger partial charge in [-0.05, 0) is 42.6 Å². The highest BCUT2D eigenvalue weighted by atomic mass is 79.9. The molecule has 6 heteroatoms. The van der Waals surface area contributed by atoms with Gasteiger partial charge in [0.25, 0.3) is 0 Å². The van der Waals surface area contributed by atoms with Gasteiger partial charge in [-0.15, -0.1) is 18.3 Å². The van der Waals surface area contributed by atoms with Crippen LogP contribution in [0, 0.1) is 5.92 Å². The number of alkyl halides is 1. The van der Waals surface area contributed by atoms with Crippen LogP contribution in [0.3, 0.4) is 0 Å². The van der Waals surface area contributed by atoms with Crippen LogP contribution in [0.1, 0.15) is 41.0 Å². The maximum atomic E-state index is 12.4. The molecule has 4 nitrogen and oxygen atoms in total. The smallest absolute Gasteiger partial charge is 0.325 e. The molecule has 2 fully saturated rings. The van der Waals surface area contributed by atoms with Crippen LogP contribution in [0.2, 0.25) is 0 Å². The molecular formula is C15H25BrN2O2S. The fourth-order valence-corrected chi connectivity index (χ4v) is 6.18. The Morgan fingerprint density at radius 1 is 1.57 bits per heavy atom. The lowest BCUT2D eigenvalue weighted by Crippen LogP contribution is -2.72. The van der Waals surface area contributed by atoms with Crippen molar-refractivity contribution in [3.63, 3.8) is 0 Å². The molecule has 2 rings (SSSR count). The van der Waals surface area contributed by atoms with Crippen LogP contribution >= 0.6 is 27.7 Å². The van der Waals surface area contributed by atoms with Crippen LogP contribution in [0.4, 0.5) is 0 Å². The summed E-state index contributed by atoms with van der Waals surface area (Å²) in [6, 6.07) is -0.254. The number of hydrogen-bond donors (Lipinski definition) is 1. The van der Waals surface area contributed by atoms with Gasteiger partial charge in [0.2, 0.25) is 0 Å². The molecule has 0 spiro atoms. The highest BCUT2D eigenvalue weighted by Gasteiger charge is 2.64. The van der Waals surface area contributed by atoms with Gasteiger partial charge in [-0.2, -0.15) is 0 Å². The van der Waals surface area contributed by atoms with Gasteiger partial charge in [0.15, 0.2) is 9.63 Å². The van der Waals surface area contributed by atoms with Crippen LogP contribution in [0.5, 0.6) is 0 Å². The van der Waals surface area contributed by atoms with E-state index in [-0.39, 0.29) is 23.5 Å². The number of ether oxygens (including phenoxy) is 1. The summed E-state index contributed by atoms with van der Waals surface area (Å²) in [6.45, 7) is 14.2. The molecule has 3 atom stereocenters. The Balaban J connectivity index is 2.46. The van der Waals surface area contributed by atoms with E-state index in [9.17, 15) is 4.79 Å². The number of nitrogens with one attached hydrogen (secondary N) is 1. The summed E-state index contributed by atoms with van der Waals surface area (Å²) in [4.78, 5) is 14.6. The predicted octanol–water partition coefficient (Wildman–Crippen LogP) is 3.28. The third-order valence-corrected chi connectivity index (χ3v) is 6.30. The Bertz CT molecular complexity index is 457. The van der Waals surface area contributed by atoms with Crippen LogP contribution in [0.15, 0.2) is 12.7 Å². The van der Waals surface area contributed by atoms with Crippen molar-refractivity contribution in [2.75, 3.05) is 5.75 Å². The number of carbonyl (C=O) groups is 1. The van der Waals surface area contributed by atoms with Gasteiger partial charge >= 0.3 is 5.97 Å². The third-order valence-electron chi connectivity index (χ3n) is 3.95. The number of fused-ring (bicyclic) bond motifs is 1. The minimum atomic E-state index is -0.599. The van der Waals surface area contributed by atoms with Gasteiger partial charge in [-0.3, -0.25) is 10.1 Å². The van der Waals surface area contributed by atoms with Crippen molar-refractivity contribution in [3.05, 3.63) is 12.7 Å². The summed E-state index contributed by atoms with van der Waals surface area (Å²) in [5, 5.41) is 3.63. The van der Waals surface area contributed by atoms with E-state index in [0.717, 1.165) is 12.2 Å². The fraction of sp³-hybridized carbons (Fsp3) is 0.800. The minimum absolute atomic E-state index is 0.130. The maximum absolute atomic E-state index is 12.4. The largest absolute Gasteiger partial charge is 0.443 e. The Morgan fingerprint density at radius 2 is 2.19 bits per heavy atom. The van der Waals surface area contributed by atoms with E-state index in [1.807, 2.05) is 13.0 Å². The molecule has 2 aliphatic rings. The van der Waals surface area contributed by atoms with Gasteiger partial charge < -0.3 is 4.74 Å². The Labute approximate surface area is 140 Å². The van der Waals surface area contributed by atoms with Crippen molar-refractivity contribution in [2.45, 2.75) is 62.2 Å². The Morgan fingerprint density at radius 3 is 2.71 bits per heavy atom. The van der Waals surface area contributed by atoms with Gasteiger partial charge in [0.05, 0.1) is 0 Å². The molecule has 1 N–H and O–H groups in total. The molecule has 0 aromatic carbocycles. The lowest BCUT2D eigenvalue weighted by atomic mass is 9.89. The van der Waals surface area contributed by atoms with E-state index in [4.69, 9.17) is 4.74 Å². The van der Waals surface area contributed by atoms with Gasteiger partial charge in [0, 0.05) is 17.7 Å². The summed E-state index contributed by atoms with van der Waals surface area (Å²) in [5.41, 5.74) is -0.743. The first-order valence-corrected chi connectivity index (χ1v) is 9.08. The Kier molecular flexibility index (Phi) is 4.58. The van der Waals surface area contributed by atoms with E-state index in [2.05, 4.69) is 60.4 Å². The number of esters is 1. The molecular weight excluding hydrogens is 352 g/mol. The molecule has 0 bridgehead atoms. The molecule has 21 heavy (non-hydrogen) atoms. The van der Waals surface area contributed by atoms with Crippen LogP contribution in [-0.2, 0) is 9.53 Å². The highest BCUT2D eigenvalue weighted by Crippen LogP contribution is 2.52. The first-order valence-electron chi connectivity index (χ1n) is 7.30. The second-order valence-electron chi connectivity index (χ2n) is 7.00. The zero-order chi connectivity index (χ0) is 16.1. The quantitative estimate of drug-likeness (QED) is 0.353. The lowest BCUT2D eigenvalue weighted by molar-refractivity contribution is -0.162. The molecule has 0 radical (unpaired) electrons. The standard InChI is InChI=1S/C15H25BrN2O2S/c1-7-8-21-15(16)17-13(4,5)9-14(6)18(15)11(10(2)3)12(19)20-14/h7,10-11,17H,1,8-9H2,2-6H3/t11-,14-,15-/m1/s1. The maximum Gasteiger partial charge on any atom is 0.325 e. The summed E-state index contributed by atoms with van der Waals surface area (Å²) >= 11 is 5.53. The molecule has 0 saturated carbocycles. The van der Waals surface area contributed by atoms with Crippen molar-refractivity contribution in [1.82, 2.24) is 10.2 Å². The Hall–Kier alpha value is -0.0400. The number of carbonyl (C=O) groups excluding carboxylic acids is 1. The fourth-order valence-electron chi connectivity index (χ4n) is 3.52. The number of rotatable bonds is 4. The van der Waals surface area contributed by atoms with E-state index < -0.39 is 9.63 Å². The van der Waals surface area contributed by atoms with Crippen LogP contribution in [-0.4, -0.2) is 37.8 Å². The summed E-state index contributed by atoms with van der Waals surface area (Å²) in [7, 11) is 0. The first-order chi connectivity index (χ1) is 9.55. The van der Waals surface area contributed by atoms with Crippen LogP contribution < -0.4 is 5.32 Å². The second-order valence-corrected chi connectivity index (χ2v) is 9.89. The highest BCUT2D eigenvalue weighted by molar-refractivity contribution is 9.11. The van der Waals surface area contributed by atoms with E-state index in [0.29, 0.717) is 0 Å². The topological polar surface area (TPSA) is 41.6 Å². The molecule has 2 saturated heterocycles. The molecule has 2 heterocycles. The number of thioether (sulfide) groups is 1. The monoisotopic (exact) mass is 376 g/mol. The van der Waals surface area contributed by atoms with Crippen molar-refractivity contribution in [3.8, 4) is 0 Å². The van der Waals surface area contributed by atoms with Crippen molar-refractivity contribution < 1.29 is 9.53 Å². The summed E-state index contributed by atoms with van der Waals surface area (Å²) in [6.07, 6.45) is 2.62. The molecule has 2 aliphatic heterocycles. The summed E-state index contributed by atoms with van der Waals surface area (Å²) in [5.74, 6) is 0.832. The van der Waals surface area contributed by atoms with Crippen molar-refractivity contribution in [1.29, 1.82) is 0 Å². The second kappa shape index (κ2) is 5.55. The lowest BCUT2D eigenvalue weighted by Gasteiger charge is -2.55. The number of hydrogen-bond acceptors (Lipinski definition) is 5. The zero-order valence-corrected chi connectivity index (χ0v) is 15.8. The molecule has 120 valence electrons.